The number of amides is 1. The first-order valence-electron chi connectivity index (χ1n) is 29.7. The number of hydrogen-bond acceptors (Lipinski definition) is 13. The summed E-state index contributed by atoms with van der Waals surface area (Å²) in [5, 5.41) is 86.9. The van der Waals surface area contributed by atoms with E-state index in [1.165, 1.54) is 122 Å². The molecule has 12 atom stereocenters. The Morgan fingerprint density at radius 2 is 0.933 bits per heavy atom. The minimum atomic E-state index is -1.79. The molecule has 2 fully saturated rings. The van der Waals surface area contributed by atoms with Gasteiger partial charge in [0.15, 0.2) is 12.6 Å². The van der Waals surface area contributed by atoms with Crippen LogP contribution in [0.2, 0.25) is 0 Å². The van der Waals surface area contributed by atoms with Crippen LogP contribution in [0.25, 0.3) is 0 Å². The summed E-state index contributed by atoms with van der Waals surface area (Å²) in [6.07, 6.45) is 43.9. The summed E-state index contributed by atoms with van der Waals surface area (Å²) in [6.45, 7) is 2.64. The van der Waals surface area contributed by atoms with Crippen LogP contribution in [0.1, 0.15) is 213 Å². The van der Waals surface area contributed by atoms with Crippen molar-refractivity contribution < 1.29 is 64.6 Å². The molecule has 434 valence electrons. The smallest absolute Gasteiger partial charge is 0.220 e. The Hall–Kier alpha value is -2.57. The van der Waals surface area contributed by atoms with Gasteiger partial charge in [-0.3, -0.25) is 4.79 Å². The van der Waals surface area contributed by atoms with Gasteiger partial charge in [-0.1, -0.05) is 209 Å². The average molecular weight is 1060 g/mol. The van der Waals surface area contributed by atoms with Crippen LogP contribution in [0.3, 0.4) is 0 Å². The molecule has 0 saturated carbocycles. The van der Waals surface area contributed by atoms with E-state index >= 15 is 0 Å². The van der Waals surface area contributed by atoms with E-state index in [1.807, 2.05) is 6.08 Å². The largest absolute Gasteiger partial charge is 0.394 e. The molecule has 75 heavy (non-hydrogen) atoms. The lowest BCUT2D eigenvalue weighted by Gasteiger charge is -2.46. The molecule has 2 saturated heterocycles. The summed E-state index contributed by atoms with van der Waals surface area (Å²) in [5.41, 5.74) is 0. The van der Waals surface area contributed by atoms with Crippen LogP contribution in [0.15, 0.2) is 72.9 Å². The van der Waals surface area contributed by atoms with Crippen molar-refractivity contribution in [1.82, 2.24) is 5.32 Å². The first-order valence-corrected chi connectivity index (χ1v) is 29.7. The zero-order chi connectivity index (χ0) is 54.6. The van der Waals surface area contributed by atoms with Crippen molar-refractivity contribution in [3.8, 4) is 0 Å². The van der Waals surface area contributed by atoms with Crippen molar-refractivity contribution in [3.05, 3.63) is 72.9 Å². The Balaban J connectivity index is 1.68. The molecule has 1 amide bonds. The summed E-state index contributed by atoms with van der Waals surface area (Å²) in [5.74, 6) is -0.252. The quantitative estimate of drug-likeness (QED) is 0.0205. The molecule has 0 aromatic heterocycles. The molecule has 2 aliphatic rings. The van der Waals surface area contributed by atoms with Crippen LogP contribution >= 0.6 is 0 Å². The third kappa shape index (κ3) is 32.2. The van der Waals surface area contributed by atoms with Gasteiger partial charge in [-0.2, -0.15) is 0 Å². The zero-order valence-corrected chi connectivity index (χ0v) is 46.5. The number of aliphatic hydroxyl groups excluding tert-OH is 8. The number of hydrogen-bond donors (Lipinski definition) is 9. The topological polar surface area (TPSA) is 228 Å². The lowest BCUT2D eigenvalue weighted by Crippen LogP contribution is -2.65. The molecule has 12 unspecified atom stereocenters. The van der Waals surface area contributed by atoms with Gasteiger partial charge < -0.3 is 65.1 Å². The van der Waals surface area contributed by atoms with Crippen LogP contribution in [-0.2, 0) is 23.7 Å². The van der Waals surface area contributed by atoms with Gasteiger partial charge in [0.1, 0.15) is 48.8 Å². The molecule has 9 N–H and O–H groups in total. The monoisotopic (exact) mass is 1060 g/mol. The Morgan fingerprint density at radius 1 is 0.493 bits per heavy atom. The van der Waals surface area contributed by atoms with Crippen molar-refractivity contribution in [2.24, 2.45) is 0 Å². The van der Waals surface area contributed by atoms with E-state index in [2.05, 4.69) is 79.9 Å². The van der Waals surface area contributed by atoms with Crippen LogP contribution in [0.5, 0.6) is 0 Å². The van der Waals surface area contributed by atoms with Gasteiger partial charge in [0.05, 0.1) is 32.0 Å². The molecular weight excluding hydrogens is 955 g/mol. The van der Waals surface area contributed by atoms with Crippen molar-refractivity contribution in [2.75, 3.05) is 19.8 Å². The van der Waals surface area contributed by atoms with E-state index in [-0.39, 0.29) is 18.9 Å². The summed E-state index contributed by atoms with van der Waals surface area (Å²) < 4.78 is 22.7. The van der Waals surface area contributed by atoms with E-state index in [9.17, 15) is 45.6 Å². The maximum absolute atomic E-state index is 13.2. The van der Waals surface area contributed by atoms with Crippen molar-refractivity contribution in [3.63, 3.8) is 0 Å². The molecule has 14 nitrogen and oxygen atoms in total. The maximum Gasteiger partial charge on any atom is 0.220 e. The highest BCUT2D eigenvalue weighted by Gasteiger charge is 2.51. The second-order valence-corrected chi connectivity index (χ2v) is 20.7. The van der Waals surface area contributed by atoms with Gasteiger partial charge in [0, 0.05) is 6.42 Å². The zero-order valence-electron chi connectivity index (χ0n) is 46.5. The predicted octanol–water partition coefficient (Wildman–Crippen LogP) is 9.94. The van der Waals surface area contributed by atoms with E-state index in [0.29, 0.717) is 12.8 Å². The van der Waals surface area contributed by atoms with Crippen LogP contribution < -0.4 is 5.32 Å². The van der Waals surface area contributed by atoms with Crippen LogP contribution in [0.4, 0.5) is 0 Å². The summed E-state index contributed by atoms with van der Waals surface area (Å²) in [7, 11) is 0. The van der Waals surface area contributed by atoms with Gasteiger partial charge in [-0.05, 0) is 70.6 Å². The Kier molecular flexibility index (Phi) is 42.4. The fourth-order valence-electron chi connectivity index (χ4n) is 9.36. The third-order valence-corrected chi connectivity index (χ3v) is 14.1. The van der Waals surface area contributed by atoms with E-state index in [1.54, 1.807) is 6.08 Å². The normalized spacial score (nSPS) is 25.6. The highest BCUT2D eigenvalue weighted by Crippen LogP contribution is 2.30. The molecule has 2 aliphatic heterocycles. The van der Waals surface area contributed by atoms with Gasteiger partial charge in [-0.25, -0.2) is 0 Å². The molecule has 0 aromatic rings. The number of allylic oxidation sites excluding steroid dienone is 11. The number of carbonyl (C=O) groups excluding carboxylic acids is 1. The Labute approximate surface area is 453 Å². The average Bonchev–Trinajstić information content (AvgIpc) is 3.41. The molecule has 0 bridgehead atoms. The van der Waals surface area contributed by atoms with Gasteiger partial charge >= 0.3 is 0 Å². The van der Waals surface area contributed by atoms with Gasteiger partial charge in [0.25, 0.3) is 0 Å². The summed E-state index contributed by atoms with van der Waals surface area (Å²) in [6, 6.07) is -0.932. The number of rotatable bonds is 46. The Bertz CT molecular complexity index is 1530. The van der Waals surface area contributed by atoms with Crippen molar-refractivity contribution in [1.29, 1.82) is 0 Å². The molecule has 2 rings (SSSR count). The van der Waals surface area contributed by atoms with Gasteiger partial charge in [-0.15, -0.1) is 0 Å². The number of carbonyl (C=O) groups is 1. The second kappa shape index (κ2) is 46.4. The SMILES string of the molecule is CC/C=C\C/C=C\C/C=C\C/C=C\CCCCCCCCCCCCCCCCCCC(=O)NC(COC1OC(CO)C(OC2OC(CO)C(O)C(O)C2O)C(O)C1O)C(O)/C=C/CC/C=C/CCCCCCCC. The van der Waals surface area contributed by atoms with Crippen molar-refractivity contribution in [2.45, 2.75) is 286 Å². The summed E-state index contributed by atoms with van der Waals surface area (Å²) in [4.78, 5) is 13.2. The first kappa shape index (κ1) is 68.5. The van der Waals surface area contributed by atoms with Crippen LogP contribution in [0, 0.1) is 0 Å². The molecular formula is C61H107NO13. The number of ether oxygens (including phenoxy) is 4. The third-order valence-electron chi connectivity index (χ3n) is 14.1. The maximum atomic E-state index is 13.2. The highest BCUT2D eigenvalue weighted by atomic mass is 16.7. The summed E-state index contributed by atoms with van der Waals surface area (Å²) >= 11 is 0. The fourth-order valence-corrected chi connectivity index (χ4v) is 9.36. The molecule has 0 spiro atoms. The molecule has 0 radical (unpaired) electrons. The van der Waals surface area contributed by atoms with E-state index in [4.69, 9.17) is 18.9 Å². The lowest BCUT2D eigenvalue weighted by molar-refractivity contribution is -0.359. The van der Waals surface area contributed by atoms with Crippen molar-refractivity contribution >= 4 is 5.91 Å². The standard InChI is InChI=1S/C61H107NO13/c1-3-5-7-9-11-13-15-17-18-19-20-21-22-23-24-25-26-27-28-29-30-31-32-33-35-37-39-41-43-45-53(66)62-49(50(65)44-42-40-38-36-34-16-14-12-10-8-6-4-2)48-72-60-58(71)56(69)59(52(47-64)74-60)75-61-57(70)55(68)54(67)51(46-63)73-61/h5,7,11,13,17-18,20-21,34,36,42,44,49-52,54-61,63-65,67-71H,3-4,6,8-10,12,14-16,19,22-33,35,37-41,43,45-48H2,1-2H3,(H,62,66)/b7-5-,13-11-,18-17-,21-20-,36-34+,44-42+. The Morgan fingerprint density at radius 3 is 1.47 bits per heavy atom. The minimum absolute atomic E-state index is 0.252. The van der Waals surface area contributed by atoms with E-state index in [0.717, 1.165) is 57.8 Å². The highest BCUT2D eigenvalue weighted by molar-refractivity contribution is 5.76. The lowest BCUT2D eigenvalue weighted by atomic mass is 9.97. The first-order chi connectivity index (χ1) is 36.6. The fraction of sp³-hybridized carbons (Fsp3) is 0.787. The van der Waals surface area contributed by atoms with Crippen LogP contribution in [-0.4, -0.2) is 140 Å². The predicted molar refractivity (Wildman–Crippen MR) is 300 cm³/mol. The number of nitrogens with one attached hydrogen (secondary N) is 1. The minimum Gasteiger partial charge on any atom is -0.394 e. The molecule has 0 aromatic carbocycles. The number of unbranched alkanes of at least 4 members (excludes halogenated alkanes) is 23. The molecule has 2 heterocycles. The number of aliphatic hydroxyl groups is 8. The second-order valence-electron chi connectivity index (χ2n) is 20.7. The molecule has 0 aliphatic carbocycles. The van der Waals surface area contributed by atoms with E-state index < -0.39 is 86.8 Å². The van der Waals surface area contributed by atoms with Gasteiger partial charge in [0.2, 0.25) is 5.91 Å². The molecule has 14 heteroatoms.